The van der Waals surface area contributed by atoms with Crippen molar-refractivity contribution in [2.45, 2.75) is 32.2 Å². The maximum absolute atomic E-state index is 11.7. The molecule has 1 aliphatic heterocycles. The Balaban J connectivity index is 2.00. The van der Waals surface area contributed by atoms with Crippen LogP contribution in [0.4, 0.5) is 23.0 Å². The standard InChI is InChI=1S/C16H18BrN5O2/c1-11-5-2-3-8-21(11)16-14(22(23)24)15(18-10-19-16)20-13-7-4-6-12(17)9-13/h4,6-7,9-11H,2-3,5,8H2,1H3,(H,18,19,20). The average Bonchev–Trinajstić information content (AvgIpc) is 2.55. The Labute approximate surface area is 148 Å². The van der Waals surface area contributed by atoms with Crippen molar-refractivity contribution in [3.05, 3.63) is 45.2 Å². The smallest absolute Gasteiger partial charge is 0.348 e. The van der Waals surface area contributed by atoms with Crippen molar-refractivity contribution in [2.24, 2.45) is 0 Å². The van der Waals surface area contributed by atoms with Gasteiger partial charge in [-0.1, -0.05) is 22.0 Å². The second kappa shape index (κ2) is 7.12. The summed E-state index contributed by atoms with van der Waals surface area (Å²) in [5, 5.41) is 14.7. The fourth-order valence-corrected chi connectivity index (χ4v) is 3.35. The molecule has 1 aliphatic rings. The van der Waals surface area contributed by atoms with E-state index in [1.807, 2.05) is 29.2 Å². The molecule has 0 bridgehead atoms. The summed E-state index contributed by atoms with van der Waals surface area (Å²) in [6.07, 6.45) is 4.54. The fraction of sp³-hybridized carbons (Fsp3) is 0.375. The number of nitro groups is 1. The van der Waals surface area contributed by atoms with Crippen LogP contribution >= 0.6 is 15.9 Å². The molecule has 1 atom stereocenters. The lowest BCUT2D eigenvalue weighted by molar-refractivity contribution is -0.383. The Morgan fingerprint density at radius 3 is 2.92 bits per heavy atom. The van der Waals surface area contributed by atoms with E-state index < -0.39 is 4.92 Å². The monoisotopic (exact) mass is 391 g/mol. The molecular formula is C16H18BrN5O2. The number of piperidine rings is 1. The Kier molecular flexibility index (Phi) is 4.94. The molecule has 1 aromatic carbocycles. The SMILES string of the molecule is CC1CCCCN1c1ncnc(Nc2cccc(Br)c2)c1[N+](=O)[O-]. The zero-order chi connectivity index (χ0) is 17.1. The predicted molar refractivity (Wildman–Crippen MR) is 96.8 cm³/mol. The van der Waals surface area contributed by atoms with Crippen LogP contribution in [0.1, 0.15) is 26.2 Å². The topological polar surface area (TPSA) is 84.2 Å². The lowest BCUT2D eigenvalue weighted by Crippen LogP contribution is -2.38. The summed E-state index contributed by atoms with van der Waals surface area (Å²) in [6.45, 7) is 2.85. The van der Waals surface area contributed by atoms with Crippen LogP contribution in [0.15, 0.2) is 35.1 Å². The number of hydrogen-bond acceptors (Lipinski definition) is 6. The molecule has 1 unspecified atom stereocenters. The Morgan fingerprint density at radius 1 is 1.38 bits per heavy atom. The lowest BCUT2D eigenvalue weighted by atomic mass is 10.0. The molecule has 1 fully saturated rings. The van der Waals surface area contributed by atoms with E-state index in [2.05, 4.69) is 38.1 Å². The van der Waals surface area contributed by atoms with Gasteiger partial charge in [0.05, 0.1) is 4.92 Å². The molecule has 2 aromatic rings. The van der Waals surface area contributed by atoms with Crippen molar-refractivity contribution in [2.75, 3.05) is 16.8 Å². The summed E-state index contributed by atoms with van der Waals surface area (Å²) in [4.78, 5) is 21.6. The molecule has 0 spiro atoms. The molecule has 3 rings (SSSR count). The first-order valence-corrected chi connectivity index (χ1v) is 8.64. The van der Waals surface area contributed by atoms with Crippen molar-refractivity contribution >= 4 is 38.9 Å². The zero-order valence-electron chi connectivity index (χ0n) is 13.3. The van der Waals surface area contributed by atoms with E-state index in [0.717, 1.165) is 36.0 Å². The predicted octanol–water partition coefficient (Wildman–Crippen LogP) is 4.27. The molecule has 7 nitrogen and oxygen atoms in total. The summed E-state index contributed by atoms with van der Waals surface area (Å²) in [5.74, 6) is 0.598. The lowest BCUT2D eigenvalue weighted by Gasteiger charge is -2.33. The first-order valence-electron chi connectivity index (χ1n) is 7.85. The van der Waals surface area contributed by atoms with E-state index in [0.29, 0.717) is 5.82 Å². The molecule has 0 aliphatic carbocycles. The number of benzene rings is 1. The van der Waals surface area contributed by atoms with E-state index in [-0.39, 0.29) is 17.5 Å². The van der Waals surface area contributed by atoms with Crippen LogP contribution in [0.3, 0.4) is 0 Å². The van der Waals surface area contributed by atoms with Crippen LogP contribution in [0, 0.1) is 10.1 Å². The molecule has 0 saturated carbocycles. The van der Waals surface area contributed by atoms with E-state index in [1.165, 1.54) is 6.33 Å². The van der Waals surface area contributed by atoms with Gasteiger partial charge in [-0.25, -0.2) is 9.97 Å². The Morgan fingerprint density at radius 2 is 2.21 bits per heavy atom. The number of halogens is 1. The summed E-state index contributed by atoms with van der Waals surface area (Å²) in [6, 6.07) is 7.65. The fourth-order valence-electron chi connectivity index (χ4n) is 2.95. The Hall–Kier alpha value is -2.22. The van der Waals surface area contributed by atoms with Gasteiger partial charge in [-0.15, -0.1) is 0 Å². The second-order valence-electron chi connectivity index (χ2n) is 5.83. The van der Waals surface area contributed by atoms with Crippen molar-refractivity contribution < 1.29 is 4.92 Å². The number of rotatable bonds is 4. The van der Waals surface area contributed by atoms with Crippen molar-refractivity contribution in [1.29, 1.82) is 0 Å². The molecule has 1 N–H and O–H groups in total. The van der Waals surface area contributed by atoms with Crippen LogP contribution in [0.2, 0.25) is 0 Å². The zero-order valence-corrected chi connectivity index (χ0v) is 14.9. The number of nitrogens with one attached hydrogen (secondary N) is 1. The van der Waals surface area contributed by atoms with E-state index in [9.17, 15) is 10.1 Å². The van der Waals surface area contributed by atoms with Gasteiger partial charge in [0.1, 0.15) is 6.33 Å². The van der Waals surface area contributed by atoms with Gasteiger partial charge in [0.25, 0.3) is 0 Å². The molecule has 24 heavy (non-hydrogen) atoms. The molecule has 1 saturated heterocycles. The third-order valence-corrected chi connectivity index (χ3v) is 4.64. The van der Waals surface area contributed by atoms with E-state index in [4.69, 9.17) is 0 Å². The highest BCUT2D eigenvalue weighted by Gasteiger charge is 2.30. The molecule has 2 heterocycles. The first-order chi connectivity index (χ1) is 11.6. The largest absolute Gasteiger partial charge is 0.353 e. The van der Waals surface area contributed by atoms with E-state index >= 15 is 0 Å². The third kappa shape index (κ3) is 3.48. The summed E-state index contributed by atoms with van der Waals surface area (Å²) >= 11 is 3.39. The van der Waals surface area contributed by atoms with Crippen molar-refractivity contribution in [3.8, 4) is 0 Å². The molecule has 1 aromatic heterocycles. The maximum Gasteiger partial charge on any atom is 0.353 e. The molecule has 0 amide bonds. The molecule has 126 valence electrons. The van der Waals surface area contributed by atoms with Crippen LogP contribution < -0.4 is 10.2 Å². The first kappa shape index (κ1) is 16.6. The third-order valence-electron chi connectivity index (χ3n) is 4.15. The van der Waals surface area contributed by atoms with Crippen LogP contribution in [-0.4, -0.2) is 27.5 Å². The molecule has 0 radical (unpaired) electrons. The van der Waals surface area contributed by atoms with Gasteiger partial charge < -0.3 is 10.2 Å². The van der Waals surface area contributed by atoms with E-state index in [1.54, 1.807) is 0 Å². The van der Waals surface area contributed by atoms with Gasteiger partial charge in [-0.05, 0) is 44.4 Å². The van der Waals surface area contributed by atoms with Gasteiger partial charge in [0.15, 0.2) is 0 Å². The quantitative estimate of drug-likeness (QED) is 0.618. The van der Waals surface area contributed by atoms with Crippen molar-refractivity contribution in [3.63, 3.8) is 0 Å². The van der Waals surface area contributed by atoms with Crippen LogP contribution in [0.25, 0.3) is 0 Å². The molecular weight excluding hydrogens is 374 g/mol. The minimum Gasteiger partial charge on any atom is -0.348 e. The highest BCUT2D eigenvalue weighted by molar-refractivity contribution is 9.10. The Bertz CT molecular complexity index is 755. The highest BCUT2D eigenvalue weighted by Crippen LogP contribution is 2.36. The van der Waals surface area contributed by atoms with Gasteiger partial charge in [-0.3, -0.25) is 10.1 Å². The maximum atomic E-state index is 11.7. The second-order valence-corrected chi connectivity index (χ2v) is 6.74. The van der Waals surface area contributed by atoms with Crippen molar-refractivity contribution in [1.82, 2.24) is 9.97 Å². The number of anilines is 3. The normalized spacial score (nSPS) is 17.6. The minimum absolute atomic E-state index is 0.0776. The number of nitrogens with zero attached hydrogens (tertiary/aromatic N) is 4. The average molecular weight is 392 g/mol. The summed E-state index contributed by atoms with van der Waals surface area (Å²) < 4.78 is 0.883. The van der Waals surface area contributed by atoms with Crippen LogP contribution in [0.5, 0.6) is 0 Å². The highest BCUT2D eigenvalue weighted by atomic mass is 79.9. The van der Waals surface area contributed by atoms with Gasteiger partial charge in [0.2, 0.25) is 11.6 Å². The van der Waals surface area contributed by atoms with Gasteiger partial charge in [0, 0.05) is 22.7 Å². The minimum atomic E-state index is -0.406. The van der Waals surface area contributed by atoms with Gasteiger partial charge in [-0.2, -0.15) is 0 Å². The van der Waals surface area contributed by atoms with Gasteiger partial charge >= 0.3 is 5.69 Å². The van der Waals surface area contributed by atoms with Crippen LogP contribution in [-0.2, 0) is 0 Å². The summed E-state index contributed by atoms with van der Waals surface area (Å²) in [7, 11) is 0. The molecule has 8 heteroatoms. The summed E-state index contributed by atoms with van der Waals surface area (Å²) in [5.41, 5.74) is 0.648. The number of hydrogen-bond donors (Lipinski definition) is 1. The number of aromatic nitrogens is 2.